The summed E-state index contributed by atoms with van der Waals surface area (Å²) < 4.78 is 30.0. The Morgan fingerprint density at radius 1 is 1.15 bits per heavy atom. The molecule has 9 heteroatoms. The van der Waals surface area contributed by atoms with Gasteiger partial charge in [0.1, 0.15) is 10.4 Å². The maximum absolute atomic E-state index is 13.1. The van der Waals surface area contributed by atoms with E-state index in [1.807, 2.05) is 11.3 Å². The number of hydrogen-bond donors (Lipinski definition) is 1. The van der Waals surface area contributed by atoms with Gasteiger partial charge in [0.05, 0.1) is 22.1 Å². The number of imidazole rings is 1. The fraction of sp³-hybridized carbons (Fsp3) is 0.222. The standard InChI is InChI=1S/C18H18BrN5O2S/c1-12-4-6-13(7-5-12)27(25,26)23-10-8-14-18(23)21-11-15-17(19)22-16(24(14)15)3-2-9-20/h4-8,10-11H,2-3,9,20H2,1H3. The number of rotatable bonds is 5. The number of benzene rings is 1. The van der Waals surface area contributed by atoms with Crippen LogP contribution in [0.5, 0.6) is 0 Å². The van der Waals surface area contributed by atoms with Crippen LogP contribution in [0.1, 0.15) is 17.8 Å². The van der Waals surface area contributed by atoms with Gasteiger partial charge in [-0.05, 0) is 54.0 Å². The minimum absolute atomic E-state index is 0.225. The molecule has 0 saturated carbocycles. The fourth-order valence-electron chi connectivity index (χ4n) is 3.09. The summed E-state index contributed by atoms with van der Waals surface area (Å²) in [6.45, 7) is 2.48. The Hall–Kier alpha value is -2.23. The predicted molar refractivity (Wildman–Crippen MR) is 107 cm³/mol. The average Bonchev–Trinajstić information content (AvgIpc) is 3.22. The predicted octanol–water partition coefficient (Wildman–Crippen LogP) is 2.88. The molecule has 3 heterocycles. The summed E-state index contributed by atoms with van der Waals surface area (Å²) in [5.74, 6) is 0.820. The van der Waals surface area contributed by atoms with Crippen molar-refractivity contribution >= 4 is 42.6 Å². The van der Waals surface area contributed by atoms with Crippen molar-refractivity contribution in [1.82, 2.24) is 18.3 Å². The van der Waals surface area contributed by atoms with Crippen molar-refractivity contribution in [3.63, 3.8) is 0 Å². The Bertz CT molecular complexity index is 1240. The smallest absolute Gasteiger partial charge is 0.269 e. The van der Waals surface area contributed by atoms with E-state index in [2.05, 4.69) is 25.9 Å². The lowest BCUT2D eigenvalue weighted by Crippen LogP contribution is -2.12. The summed E-state index contributed by atoms with van der Waals surface area (Å²) in [7, 11) is -3.74. The molecule has 0 spiro atoms. The molecular formula is C18H18BrN5O2S. The third-order valence-electron chi connectivity index (χ3n) is 4.48. The van der Waals surface area contributed by atoms with Gasteiger partial charge >= 0.3 is 0 Å². The van der Waals surface area contributed by atoms with E-state index in [0.717, 1.165) is 23.3 Å². The van der Waals surface area contributed by atoms with Gasteiger partial charge in [-0.15, -0.1) is 0 Å². The number of nitrogens with two attached hydrogens (primary N) is 1. The van der Waals surface area contributed by atoms with E-state index in [1.54, 1.807) is 36.5 Å². The molecule has 0 aliphatic heterocycles. The highest BCUT2D eigenvalue weighted by atomic mass is 79.9. The Morgan fingerprint density at radius 2 is 1.89 bits per heavy atom. The lowest BCUT2D eigenvalue weighted by molar-refractivity contribution is 0.588. The Kier molecular flexibility index (Phi) is 4.53. The minimum atomic E-state index is -3.74. The van der Waals surface area contributed by atoms with Crippen LogP contribution in [0.15, 0.2) is 52.2 Å². The van der Waals surface area contributed by atoms with E-state index < -0.39 is 10.0 Å². The molecule has 0 fully saturated rings. The van der Waals surface area contributed by atoms with Crippen molar-refractivity contribution < 1.29 is 8.42 Å². The SMILES string of the molecule is Cc1ccc(S(=O)(=O)n2ccc3c2ncc2c(Br)nc(CCCN)n23)cc1. The molecule has 2 N–H and O–H groups in total. The molecule has 27 heavy (non-hydrogen) atoms. The second-order valence-corrected chi connectivity index (χ2v) is 8.89. The van der Waals surface area contributed by atoms with E-state index in [-0.39, 0.29) is 4.90 Å². The zero-order chi connectivity index (χ0) is 19.2. The van der Waals surface area contributed by atoms with Gasteiger partial charge in [0, 0.05) is 12.6 Å². The molecule has 4 aromatic rings. The van der Waals surface area contributed by atoms with Gasteiger partial charge in [-0.2, -0.15) is 0 Å². The lowest BCUT2D eigenvalue weighted by Gasteiger charge is -2.08. The number of fused-ring (bicyclic) bond motifs is 3. The summed E-state index contributed by atoms with van der Waals surface area (Å²) in [5, 5.41) is 0. The van der Waals surface area contributed by atoms with Crippen LogP contribution in [-0.2, 0) is 16.4 Å². The third kappa shape index (κ3) is 2.95. The summed E-state index contributed by atoms with van der Waals surface area (Å²) in [4.78, 5) is 9.17. The number of halogens is 1. The van der Waals surface area contributed by atoms with E-state index >= 15 is 0 Å². The van der Waals surface area contributed by atoms with Gasteiger partial charge in [0.2, 0.25) is 0 Å². The first-order valence-corrected chi connectivity index (χ1v) is 10.7. The van der Waals surface area contributed by atoms with E-state index in [1.165, 1.54) is 10.2 Å². The average molecular weight is 448 g/mol. The Morgan fingerprint density at radius 3 is 2.59 bits per heavy atom. The molecule has 7 nitrogen and oxygen atoms in total. The van der Waals surface area contributed by atoms with Crippen LogP contribution < -0.4 is 5.73 Å². The highest BCUT2D eigenvalue weighted by Crippen LogP contribution is 2.27. The van der Waals surface area contributed by atoms with Gasteiger partial charge in [0.25, 0.3) is 10.0 Å². The van der Waals surface area contributed by atoms with Gasteiger partial charge < -0.3 is 5.73 Å². The van der Waals surface area contributed by atoms with Crippen LogP contribution in [0.3, 0.4) is 0 Å². The first kappa shape index (κ1) is 18.1. The Labute approximate surface area is 165 Å². The van der Waals surface area contributed by atoms with Gasteiger partial charge in [-0.1, -0.05) is 17.7 Å². The second kappa shape index (κ2) is 6.74. The molecule has 0 aliphatic carbocycles. The largest absolute Gasteiger partial charge is 0.330 e. The number of nitrogens with zero attached hydrogens (tertiary/aromatic N) is 4. The third-order valence-corrected chi connectivity index (χ3v) is 6.74. The molecule has 1 aromatic carbocycles. The minimum Gasteiger partial charge on any atom is -0.330 e. The van der Waals surface area contributed by atoms with Gasteiger partial charge in [-0.3, -0.25) is 4.40 Å². The second-order valence-electron chi connectivity index (χ2n) is 6.33. The topological polar surface area (TPSA) is 95.3 Å². The first-order valence-electron chi connectivity index (χ1n) is 8.48. The summed E-state index contributed by atoms with van der Waals surface area (Å²) >= 11 is 3.46. The zero-order valence-electron chi connectivity index (χ0n) is 14.6. The maximum Gasteiger partial charge on any atom is 0.269 e. The van der Waals surface area contributed by atoms with E-state index in [0.29, 0.717) is 28.7 Å². The van der Waals surface area contributed by atoms with Crippen molar-refractivity contribution in [2.24, 2.45) is 5.73 Å². The van der Waals surface area contributed by atoms with Crippen LogP contribution in [0.25, 0.3) is 16.7 Å². The summed E-state index contributed by atoms with van der Waals surface area (Å²) in [6, 6.07) is 8.52. The number of hydrogen-bond acceptors (Lipinski definition) is 5. The molecule has 0 bridgehead atoms. The van der Waals surface area contributed by atoms with E-state index in [4.69, 9.17) is 5.73 Å². The highest BCUT2D eigenvalue weighted by Gasteiger charge is 2.22. The van der Waals surface area contributed by atoms with Crippen LogP contribution in [0, 0.1) is 6.92 Å². The van der Waals surface area contributed by atoms with E-state index in [9.17, 15) is 8.42 Å². The normalized spacial score (nSPS) is 12.3. The molecule has 0 atom stereocenters. The van der Waals surface area contributed by atoms with Crippen molar-refractivity contribution in [3.05, 3.63) is 58.7 Å². The summed E-state index contributed by atoms with van der Waals surface area (Å²) in [6.07, 6.45) is 4.65. The van der Waals surface area contributed by atoms with Crippen molar-refractivity contribution in [1.29, 1.82) is 0 Å². The van der Waals surface area contributed by atoms with Crippen LogP contribution in [0.2, 0.25) is 0 Å². The number of aromatic nitrogens is 4. The van der Waals surface area contributed by atoms with Crippen molar-refractivity contribution in [2.45, 2.75) is 24.7 Å². The highest BCUT2D eigenvalue weighted by molar-refractivity contribution is 9.10. The zero-order valence-corrected chi connectivity index (χ0v) is 17.0. The maximum atomic E-state index is 13.1. The molecular weight excluding hydrogens is 430 g/mol. The van der Waals surface area contributed by atoms with Crippen LogP contribution >= 0.6 is 15.9 Å². The molecule has 0 radical (unpaired) electrons. The monoisotopic (exact) mass is 447 g/mol. The molecule has 0 aliphatic rings. The van der Waals surface area contributed by atoms with Crippen LogP contribution in [-0.4, -0.2) is 33.3 Å². The molecule has 0 saturated heterocycles. The molecule has 0 amide bonds. The first-order chi connectivity index (χ1) is 12.9. The lowest BCUT2D eigenvalue weighted by atomic mass is 10.2. The molecule has 140 valence electrons. The molecule has 0 unspecified atom stereocenters. The molecule has 4 rings (SSSR count). The van der Waals surface area contributed by atoms with Gasteiger partial charge in [0.15, 0.2) is 5.65 Å². The van der Waals surface area contributed by atoms with Crippen molar-refractivity contribution in [2.75, 3.05) is 6.54 Å². The number of aryl methyl sites for hydroxylation is 2. The van der Waals surface area contributed by atoms with Crippen LogP contribution in [0.4, 0.5) is 0 Å². The quantitative estimate of drug-likeness (QED) is 0.507. The Balaban J connectivity index is 1.94. The molecule has 3 aromatic heterocycles. The fourth-order valence-corrected chi connectivity index (χ4v) is 4.87. The summed E-state index contributed by atoms with van der Waals surface area (Å²) in [5.41, 5.74) is 8.47. The van der Waals surface area contributed by atoms with Gasteiger partial charge in [-0.25, -0.2) is 22.4 Å². The van der Waals surface area contributed by atoms with Crippen molar-refractivity contribution in [3.8, 4) is 0 Å².